The van der Waals surface area contributed by atoms with Crippen molar-refractivity contribution in [3.63, 3.8) is 0 Å². The molecule has 0 bridgehead atoms. The molecule has 0 aromatic heterocycles. The number of halogens is 1. The molecule has 0 radical (unpaired) electrons. The minimum atomic E-state index is -0.308. The Hall–Kier alpha value is -2.40. The van der Waals surface area contributed by atoms with Gasteiger partial charge < -0.3 is 4.74 Å². The SMILES string of the molecule is Cc1ccc(C(C)C)c(OCC(=O)N/N=C/C(Br)=C/c2ccccc2)c1. The van der Waals surface area contributed by atoms with Crippen LogP contribution < -0.4 is 10.2 Å². The molecular weight excluding hydrogens is 392 g/mol. The van der Waals surface area contributed by atoms with E-state index < -0.39 is 0 Å². The Balaban J connectivity index is 1.88. The summed E-state index contributed by atoms with van der Waals surface area (Å²) in [6.45, 7) is 6.11. The number of nitrogens with one attached hydrogen (secondary N) is 1. The van der Waals surface area contributed by atoms with Gasteiger partial charge in [0, 0.05) is 4.48 Å². The van der Waals surface area contributed by atoms with E-state index in [1.807, 2.05) is 61.5 Å². The van der Waals surface area contributed by atoms with Crippen LogP contribution in [0.3, 0.4) is 0 Å². The molecule has 1 N–H and O–H groups in total. The third kappa shape index (κ3) is 6.48. The van der Waals surface area contributed by atoms with Crippen molar-refractivity contribution in [1.29, 1.82) is 0 Å². The average Bonchev–Trinajstić information content (AvgIpc) is 2.60. The average molecular weight is 415 g/mol. The number of hydrazone groups is 1. The van der Waals surface area contributed by atoms with Gasteiger partial charge in [0.1, 0.15) is 5.75 Å². The summed E-state index contributed by atoms with van der Waals surface area (Å²) in [7, 11) is 0. The lowest BCUT2D eigenvalue weighted by Gasteiger charge is -2.14. The van der Waals surface area contributed by atoms with Crippen LogP contribution in [0.25, 0.3) is 6.08 Å². The molecule has 5 heteroatoms. The van der Waals surface area contributed by atoms with E-state index in [0.29, 0.717) is 5.92 Å². The first-order chi connectivity index (χ1) is 12.5. The number of carbonyl (C=O) groups is 1. The second-order valence-corrected chi connectivity index (χ2v) is 7.13. The van der Waals surface area contributed by atoms with Gasteiger partial charge in [-0.25, -0.2) is 5.43 Å². The Morgan fingerprint density at radius 1 is 1.23 bits per heavy atom. The lowest BCUT2D eigenvalue weighted by molar-refractivity contribution is -0.123. The van der Waals surface area contributed by atoms with Gasteiger partial charge in [0.25, 0.3) is 5.91 Å². The van der Waals surface area contributed by atoms with Gasteiger partial charge in [-0.1, -0.05) is 56.3 Å². The van der Waals surface area contributed by atoms with Crippen LogP contribution in [-0.4, -0.2) is 18.7 Å². The number of allylic oxidation sites excluding steroid dienone is 1. The van der Waals surface area contributed by atoms with Crippen molar-refractivity contribution in [3.05, 3.63) is 69.7 Å². The number of hydrogen-bond donors (Lipinski definition) is 1. The van der Waals surface area contributed by atoms with Crippen molar-refractivity contribution in [1.82, 2.24) is 5.43 Å². The smallest absolute Gasteiger partial charge is 0.277 e. The summed E-state index contributed by atoms with van der Waals surface area (Å²) in [6.07, 6.45) is 3.45. The Morgan fingerprint density at radius 2 is 1.96 bits per heavy atom. The Morgan fingerprint density at radius 3 is 2.65 bits per heavy atom. The minimum absolute atomic E-state index is 0.0828. The van der Waals surface area contributed by atoms with E-state index in [1.54, 1.807) is 0 Å². The predicted octanol–water partition coefficient (Wildman–Crippen LogP) is 5.04. The highest BCUT2D eigenvalue weighted by molar-refractivity contribution is 9.12. The van der Waals surface area contributed by atoms with Crippen LogP contribution in [-0.2, 0) is 4.79 Å². The molecule has 1 amide bonds. The maximum Gasteiger partial charge on any atom is 0.277 e. The summed E-state index contributed by atoms with van der Waals surface area (Å²) in [6, 6.07) is 15.9. The number of benzene rings is 2. The summed E-state index contributed by atoms with van der Waals surface area (Å²) in [5.41, 5.74) is 5.69. The quantitative estimate of drug-likeness (QED) is 0.509. The zero-order valence-electron chi connectivity index (χ0n) is 15.2. The van der Waals surface area contributed by atoms with E-state index in [0.717, 1.165) is 26.9 Å². The first-order valence-corrected chi connectivity index (χ1v) is 9.22. The van der Waals surface area contributed by atoms with Gasteiger partial charge in [-0.3, -0.25) is 4.79 Å². The van der Waals surface area contributed by atoms with Crippen LogP contribution in [0.1, 0.15) is 36.5 Å². The van der Waals surface area contributed by atoms with Gasteiger partial charge in [0.2, 0.25) is 0 Å². The zero-order chi connectivity index (χ0) is 18.9. The standard InChI is InChI=1S/C21H23BrN2O2/c1-15(2)19-10-9-16(3)11-20(19)26-14-21(25)24-23-13-18(22)12-17-7-5-4-6-8-17/h4-13,15H,14H2,1-3H3,(H,24,25)/b18-12-,23-13+. The Labute approximate surface area is 163 Å². The summed E-state index contributed by atoms with van der Waals surface area (Å²) < 4.78 is 6.44. The van der Waals surface area contributed by atoms with E-state index in [4.69, 9.17) is 4.74 Å². The van der Waals surface area contributed by atoms with Gasteiger partial charge in [-0.05, 0) is 57.6 Å². The number of ether oxygens (including phenoxy) is 1. The number of nitrogens with zero attached hydrogens (tertiary/aromatic N) is 1. The van der Waals surface area contributed by atoms with E-state index in [2.05, 4.69) is 40.3 Å². The van der Waals surface area contributed by atoms with Crippen LogP contribution >= 0.6 is 15.9 Å². The van der Waals surface area contributed by atoms with Crippen molar-refractivity contribution in [2.45, 2.75) is 26.7 Å². The van der Waals surface area contributed by atoms with Crippen LogP contribution in [0.15, 0.2) is 58.1 Å². The van der Waals surface area contributed by atoms with Gasteiger partial charge in [-0.2, -0.15) is 5.10 Å². The van der Waals surface area contributed by atoms with Crippen molar-refractivity contribution in [2.75, 3.05) is 6.61 Å². The molecule has 0 saturated heterocycles. The monoisotopic (exact) mass is 414 g/mol. The summed E-state index contributed by atoms with van der Waals surface area (Å²) >= 11 is 3.40. The molecule has 4 nitrogen and oxygen atoms in total. The Bertz CT molecular complexity index is 799. The van der Waals surface area contributed by atoms with Crippen LogP contribution in [0.2, 0.25) is 0 Å². The van der Waals surface area contributed by atoms with Crippen LogP contribution in [0.4, 0.5) is 0 Å². The highest BCUT2D eigenvalue weighted by atomic mass is 79.9. The summed E-state index contributed by atoms with van der Waals surface area (Å²) in [5, 5.41) is 3.94. The van der Waals surface area contributed by atoms with Crippen molar-refractivity contribution >= 4 is 34.1 Å². The summed E-state index contributed by atoms with van der Waals surface area (Å²) in [4.78, 5) is 11.9. The van der Waals surface area contributed by atoms with Crippen LogP contribution in [0, 0.1) is 6.92 Å². The highest BCUT2D eigenvalue weighted by Gasteiger charge is 2.10. The zero-order valence-corrected chi connectivity index (χ0v) is 16.8. The molecule has 0 aliphatic heterocycles. The van der Waals surface area contributed by atoms with E-state index in [9.17, 15) is 4.79 Å². The second-order valence-electron chi connectivity index (χ2n) is 6.22. The predicted molar refractivity (Wildman–Crippen MR) is 111 cm³/mol. The van der Waals surface area contributed by atoms with Crippen molar-refractivity contribution < 1.29 is 9.53 Å². The molecule has 0 atom stereocenters. The van der Waals surface area contributed by atoms with Gasteiger partial charge in [0.15, 0.2) is 6.61 Å². The maximum absolute atomic E-state index is 11.9. The lowest BCUT2D eigenvalue weighted by Crippen LogP contribution is -2.24. The van der Waals surface area contributed by atoms with Gasteiger partial charge in [-0.15, -0.1) is 0 Å². The van der Waals surface area contributed by atoms with Crippen LogP contribution in [0.5, 0.6) is 5.75 Å². The third-order valence-electron chi connectivity index (χ3n) is 3.63. The fourth-order valence-electron chi connectivity index (χ4n) is 2.33. The molecule has 136 valence electrons. The molecule has 2 aromatic rings. The molecule has 0 unspecified atom stereocenters. The van der Waals surface area contributed by atoms with E-state index in [-0.39, 0.29) is 12.5 Å². The third-order valence-corrected chi connectivity index (χ3v) is 4.06. The minimum Gasteiger partial charge on any atom is -0.483 e. The molecule has 0 aliphatic carbocycles. The first-order valence-electron chi connectivity index (χ1n) is 8.43. The fourth-order valence-corrected chi connectivity index (χ4v) is 2.70. The van der Waals surface area contributed by atoms with Crippen molar-refractivity contribution in [2.24, 2.45) is 5.10 Å². The fraction of sp³-hybridized carbons (Fsp3) is 0.238. The molecule has 0 fully saturated rings. The second kappa shape index (κ2) is 9.92. The maximum atomic E-state index is 11.9. The largest absolute Gasteiger partial charge is 0.483 e. The molecular formula is C21H23BrN2O2. The van der Waals surface area contributed by atoms with Crippen molar-refractivity contribution in [3.8, 4) is 5.75 Å². The molecule has 0 aliphatic rings. The number of carbonyl (C=O) groups excluding carboxylic acids is 1. The van der Waals surface area contributed by atoms with E-state index >= 15 is 0 Å². The molecule has 0 spiro atoms. The normalized spacial score (nSPS) is 11.8. The first kappa shape index (κ1) is 19.9. The molecule has 2 rings (SSSR count). The molecule has 0 saturated carbocycles. The van der Waals surface area contributed by atoms with Gasteiger partial charge in [0.05, 0.1) is 6.21 Å². The Kier molecular flexibility index (Phi) is 7.60. The highest BCUT2D eigenvalue weighted by Crippen LogP contribution is 2.27. The molecule has 0 heterocycles. The van der Waals surface area contributed by atoms with E-state index in [1.165, 1.54) is 6.21 Å². The number of rotatable bonds is 7. The molecule has 2 aromatic carbocycles. The molecule has 26 heavy (non-hydrogen) atoms. The number of hydrogen-bond acceptors (Lipinski definition) is 3. The lowest BCUT2D eigenvalue weighted by atomic mass is 10.0. The number of aryl methyl sites for hydroxylation is 1. The topological polar surface area (TPSA) is 50.7 Å². The summed E-state index contributed by atoms with van der Waals surface area (Å²) in [5.74, 6) is 0.757. The van der Waals surface area contributed by atoms with Gasteiger partial charge >= 0.3 is 0 Å². The number of amides is 1.